The van der Waals surface area contributed by atoms with Crippen LogP contribution in [0.1, 0.15) is 25.7 Å². The van der Waals surface area contributed by atoms with Gasteiger partial charge in [-0.2, -0.15) is 15.6 Å². The van der Waals surface area contributed by atoms with E-state index in [1.165, 1.54) is 0 Å². The first kappa shape index (κ1) is 16.2. The fourth-order valence-electron chi connectivity index (χ4n) is 3.02. The standard InChI is InChI=1S/C16H22N6/c1-21(12-14(11-18)5-2-8-17)13-15-6-4-10-22(15)16-7-3-9-19-20-16/h3,7,9,14-15H,2,4-6,10,12-13H2,1H3/t14-,15-/m0/s1. The Bertz CT molecular complexity index is 532. The lowest BCUT2D eigenvalue weighted by Gasteiger charge is -2.29. The second-order valence-electron chi connectivity index (χ2n) is 5.82. The first-order chi connectivity index (χ1) is 10.7. The minimum Gasteiger partial charge on any atom is -0.351 e. The quantitative estimate of drug-likeness (QED) is 0.764. The molecule has 1 aromatic heterocycles. The summed E-state index contributed by atoms with van der Waals surface area (Å²) in [6, 6.07) is 8.74. The molecule has 0 N–H and O–H groups in total. The highest BCUT2D eigenvalue weighted by Crippen LogP contribution is 2.23. The molecule has 0 radical (unpaired) electrons. The van der Waals surface area contributed by atoms with Crippen LogP contribution in [0.15, 0.2) is 18.3 Å². The summed E-state index contributed by atoms with van der Waals surface area (Å²) in [4.78, 5) is 4.50. The molecule has 116 valence electrons. The van der Waals surface area contributed by atoms with Crippen molar-refractivity contribution in [3.63, 3.8) is 0 Å². The first-order valence-electron chi connectivity index (χ1n) is 7.74. The second kappa shape index (κ2) is 8.31. The van der Waals surface area contributed by atoms with E-state index < -0.39 is 0 Å². The average molecular weight is 298 g/mol. The smallest absolute Gasteiger partial charge is 0.151 e. The van der Waals surface area contributed by atoms with Gasteiger partial charge in [-0.15, -0.1) is 5.10 Å². The van der Waals surface area contributed by atoms with Crippen LogP contribution in [-0.2, 0) is 0 Å². The Morgan fingerprint density at radius 3 is 3.05 bits per heavy atom. The summed E-state index contributed by atoms with van der Waals surface area (Å²) < 4.78 is 0. The van der Waals surface area contributed by atoms with Gasteiger partial charge in [0.25, 0.3) is 0 Å². The molecule has 6 heteroatoms. The third-order valence-electron chi connectivity index (χ3n) is 4.07. The Hall–Kier alpha value is -2.18. The highest BCUT2D eigenvalue weighted by molar-refractivity contribution is 5.39. The molecule has 2 rings (SSSR count). The normalized spacial score (nSPS) is 18.9. The van der Waals surface area contributed by atoms with Crippen LogP contribution in [0.5, 0.6) is 0 Å². The van der Waals surface area contributed by atoms with Crippen LogP contribution in [0.4, 0.5) is 5.82 Å². The molecule has 6 nitrogen and oxygen atoms in total. The number of anilines is 1. The van der Waals surface area contributed by atoms with Gasteiger partial charge in [-0.05, 0) is 38.4 Å². The monoisotopic (exact) mass is 298 g/mol. The minimum atomic E-state index is -0.0731. The molecule has 0 bridgehead atoms. The van der Waals surface area contributed by atoms with Crippen LogP contribution in [0.25, 0.3) is 0 Å². The molecule has 1 aromatic rings. The summed E-state index contributed by atoms with van der Waals surface area (Å²) in [5.74, 6) is 0.857. The zero-order valence-corrected chi connectivity index (χ0v) is 13.0. The number of likely N-dealkylation sites (N-methyl/N-ethyl adjacent to an activating group) is 1. The summed E-state index contributed by atoms with van der Waals surface area (Å²) in [5.41, 5.74) is 0. The van der Waals surface area contributed by atoms with Crippen molar-refractivity contribution in [2.24, 2.45) is 5.92 Å². The van der Waals surface area contributed by atoms with Crippen molar-refractivity contribution in [2.75, 3.05) is 31.6 Å². The van der Waals surface area contributed by atoms with Crippen molar-refractivity contribution in [3.05, 3.63) is 18.3 Å². The molecule has 1 aliphatic heterocycles. The SMILES string of the molecule is CN(C[C@H](C#N)CCC#N)C[C@@H]1CCCN1c1cccnn1. The third kappa shape index (κ3) is 4.41. The number of nitrogens with zero attached hydrogens (tertiary/aromatic N) is 6. The van der Waals surface area contributed by atoms with Crippen LogP contribution in [-0.4, -0.2) is 47.8 Å². The van der Waals surface area contributed by atoms with Crippen molar-refractivity contribution < 1.29 is 0 Å². The van der Waals surface area contributed by atoms with E-state index in [4.69, 9.17) is 5.26 Å². The summed E-state index contributed by atoms with van der Waals surface area (Å²) >= 11 is 0. The van der Waals surface area contributed by atoms with E-state index in [2.05, 4.69) is 32.1 Å². The Labute approximate surface area is 132 Å². The number of hydrogen-bond acceptors (Lipinski definition) is 6. The lowest BCUT2D eigenvalue weighted by molar-refractivity contribution is 0.279. The Balaban J connectivity index is 1.89. The summed E-state index contributed by atoms with van der Waals surface area (Å²) in [5, 5.41) is 26.0. The molecule has 0 saturated carbocycles. The van der Waals surface area contributed by atoms with Gasteiger partial charge in [0.05, 0.1) is 18.1 Å². The van der Waals surface area contributed by atoms with Gasteiger partial charge in [-0.1, -0.05) is 0 Å². The molecule has 0 aromatic carbocycles. The molecule has 1 fully saturated rings. The lowest BCUT2D eigenvalue weighted by Crippen LogP contribution is -2.40. The fraction of sp³-hybridized carbons (Fsp3) is 0.625. The van der Waals surface area contributed by atoms with Crippen LogP contribution in [0.2, 0.25) is 0 Å². The zero-order chi connectivity index (χ0) is 15.8. The predicted octanol–water partition coefficient (Wildman–Crippen LogP) is 1.82. The van der Waals surface area contributed by atoms with Crippen molar-refractivity contribution >= 4 is 5.82 Å². The van der Waals surface area contributed by atoms with Gasteiger partial charge in [0.15, 0.2) is 5.82 Å². The highest BCUT2D eigenvalue weighted by Gasteiger charge is 2.27. The van der Waals surface area contributed by atoms with Crippen molar-refractivity contribution in [1.29, 1.82) is 10.5 Å². The van der Waals surface area contributed by atoms with Crippen molar-refractivity contribution in [1.82, 2.24) is 15.1 Å². The number of aromatic nitrogens is 2. The minimum absolute atomic E-state index is 0.0731. The van der Waals surface area contributed by atoms with Gasteiger partial charge in [0.2, 0.25) is 0 Å². The van der Waals surface area contributed by atoms with E-state index in [9.17, 15) is 5.26 Å². The number of rotatable bonds is 7. The summed E-state index contributed by atoms with van der Waals surface area (Å²) in [6.45, 7) is 2.62. The lowest BCUT2D eigenvalue weighted by atomic mass is 10.0. The molecule has 22 heavy (non-hydrogen) atoms. The van der Waals surface area contributed by atoms with Crippen molar-refractivity contribution in [3.8, 4) is 12.1 Å². The number of hydrogen-bond donors (Lipinski definition) is 0. The van der Waals surface area contributed by atoms with E-state index in [1.54, 1.807) is 6.20 Å². The van der Waals surface area contributed by atoms with Gasteiger partial charge in [0.1, 0.15) is 0 Å². The average Bonchev–Trinajstić information content (AvgIpc) is 3.00. The van der Waals surface area contributed by atoms with Crippen LogP contribution >= 0.6 is 0 Å². The molecular weight excluding hydrogens is 276 g/mol. The van der Waals surface area contributed by atoms with E-state index >= 15 is 0 Å². The van der Waals surface area contributed by atoms with Crippen molar-refractivity contribution in [2.45, 2.75) is 31.7 Å². The largest absolute Gasteiger partial charge is 0.351 e. The Morgan fingerprint density at radius 1 is 1.50 bits per heavy atom. The maximum absolute atomic E-state index is 9.18. The molecule has 2 atom stereocenters. The zero-order valence-electron chi connectivity index (χ0n) is 13.0. The van der Waals surface area contributed by atoms with Gasteiger partial charge in [-0.3, -0.25) is 0 Å². The first-order valence-corrected chi connectivity index (χ1v) is 7.74. The molecule has 0 aliphatic carbocycles. The molecule has 0 spiro atoms. The van der Waals surface area contributed by atoms with E-state index in [0.717, 1.165) is 31.7 Å². The third-order valence-corrected chi connectivity index (χ3v) is 4.07. The Morgan fingerprint density at radius 2 is 2.36 bits per heavy atom. The maximum Gasteiger partial charge on any atom is 0.151 e. The molecule has 2 heterocycles. The molecule has 1 aliphatic rings. The van der Waals surface area contributed by atoms with Gasteiger partial charge < -0.3 is 9.80 Å². The van der Waals surface area contributed by atoms with Gasteiger partial charge in [0, 0.05) is 38.3 Å². The molecule has 1 saturated heterocycles. The molecule has 0 amide bonds. The summed E-state index contributed by atoms with van der Waals surface area (Å²) in [7, 11) is 2.05. The Kier molecular flexibility index (Phi) is 6.12. The molecule has 0 unspecified atom stereocenters. The molecular formula is C16H22N6. The van der Waals surface area contributed by atoms with Crippen LogP contribution in [0, 0.1) is 28.6 Å². The van der Waals surface area contributed by atoms with Gasteiger partial charge >= 0.3 is 0 Å². The van der Waals surface area contributed by atoms with E-state index in [1.807, 2.05) is 19.2 Å². The topological polar surface area (TPSA) is 79.8 Å². The van der Waals surface area contributed by atoms with Crippen LogP contribution < -0.4 is 4.90 Å². The second-order valence-corrected chi connectivity index (χ2v) is 5.82. The predicted molar refractivity (Wildman–Crippen MR) is 83.8 cm³/mol. The fourth-order valence-corrected chi connectivity index (χ4v) is 3.02. The van der Waals surface area contributed by atoms with E-state index in [0.29, 0.717) is 25.4 Å². The van der Waals surface area contributed by atoms with Gasteiger partial charge in [-0.25, -0.2) is 0 Å². The van der Waals surface area contributed by atoms with E-state index in [-0.39, 0.29) is 5.92 Å². The van der Waals surface area contributed by atoms with Crippen LogP contribution in [0.3, 0.4) is 0 Å². The number of nitriles is 2. The highest BCUT2D eigenvalue weighted by atomic mass is 15.3. The maximum atomic E-state index is 9.18. The summed E-state index contributed by atoms with van der Waals surface area (Å²) in [6.07, 6.45) is 5.08.